The summed E-state index contributed by atoms with van der Waals surface area (Å²) < 4.78 is 36.6. The van der Waals surface area contributed by atoms with Crippen LogP contribution in [-0.2, 0) is 26.2 Å². The van der Waals surface area contributed by atoms with Crippen molar-refractivity contribution in [3.8, 4) is 6.07 Å². The van der Waals surface area contributed by atoms with E-state index in [1.807, 2.05) is 78.6 Å². The van der Waals surface area contributed by atoms with E-state index in [2.05, 4.69) is 6.07 Å². The van der Waals surface area contributed by atoms with E-state index in [4.69, 9.17) is 4.74 Å². The minimum absolute atomic E-state index is 0.0351. The number of piperidine rings is 2. The minimum atomic E-state index is -3.95. The highest BCUT2D eigenvalue weighted by Gasteiger charge is 2.60. The van der Waals surface area contributed by atoms with Crippen LogP contribution in [-0.4, -0.2) is 44.5 Å². The molecule has 3 aromatic rings. The van der Waals surface area contributed by atoms with E-state index in [1.165, 1.54) is 0 Å². The van der Waals surface area contributed by atoms with Crippen LogP contribution in [0.4, 0.5) is 5.69 Å². The molecule has 212 valence electrons. The Hall–Kier alpha value is -3.67. The van der Waals surface area contributed by atoms with Crippen molar-refractivity contribution >= 4 is 21.6 Å². The Balaban J connectivity index is 1.41. The summed E-state index contributed by atoms with van der Waals surface area (Å²) in [5.74, 6) is -0.241. The lowest BCUT2D eigenvalue weighted by Crippen LogP contribution is -2.67. The molecule has 6 rings (SSSR count). The molecule has 0 saturated carbocycles. The zero-order chi connectivity index (χ0) is 28.6. The van der Waals surface area contributed by atoms with Crippen molar-refractivity contribution in [1.29, 1.82) is 5.26 Å². The third-order valence-electron chi connectivity index (χ3n) is 9.20. The van der Waals surface area contributed by atoms with Gasteiger partial charge in [-0.25, -0.2) is 8.42 Å². The van der Waals surface area contributed by atoms with E-state index in [1.54, 1.807) is 16.4 Å². The van der Waals surface area contributed by atoms with E-state index in [0.717, 1.165) is 29.5 Å². The van der Waals surface area contributed by atoms with Gasteiger partial charge < -0.3 is 9.64 Å². The molecule has 7 nitrogen and oxygen atoms in total. The molecule has 1 amide bonds. The first-order chi connectivity index (χ1) is 19.9. The number of aryl methyl sites for hydroxylation is 1. The smallest absolute Gasteiger partial charge is 0.264 e. The number of para-hydroxylation sites is 1. The quantitative estimate of drug-likeness (QED) is 0.332. The molecule has 41 heavy (non-hydrogen) atoms. The normalized spacial score (nSPS) is 25.3. The molecule has 0 aliphatic carbocycles. The number of fused-ring (bicyclic) bond motifs is 5. The first-order valence-electron chi connectivity index (χ1n) is 14.3. The topological polar surface area (TPSA) is 90.7 Å². The van der Waals surface area contributed by atoms with Crippen LogP contribution in [0.15, 0.2) is 83.8 Å². The Labute approximate surface area is 242 Å². The van der Waals surface area contributed by atoms with Crippen molar-refractivity contribution in [2.75, 3.05) is 17.5 Å². The molecular formula is C33H35N3O4S. The second-order valence-corrected chi connectivity index (χ2v) is 13.4. The number of nitriles is 1. The fourth-order valence-corrected chi connectivity index (χ4v) is 9.02. The number of carbonyl (C=O) groups is 1. The molecule has 0 spiro atoms. The lowest BCUT2D eigenvalue weighted by molar-refractivity contribution is -0.147. The molecule has 1 unspecified atom stereocenters. The molecule has 3 aromatic carbocycles. The zero-order valence-corrected chi connectivity index (χ0v) is 24.1. The molecule has 0 radical (unpaired) electrons. The standard InChI is InChI=1S/C33H35N3O4S/c1-24-12-14-26(15-13-24)41(38,39)36-29-11-6-5-10-27(29)28-22-30(37)35-20-7-16-33(17-19-34,32(35)31(28)36)18-21-40-23-25-8-3-2-4-9-25/h2-6,8-15,28,31-32H,7,16-18,20-23H2,1H3/t28-,31+,32+,33?/m1/s1. The Morgan fingerprint density at radius 2 is 1.76 bits per heavy atom. The molecule has 2 saturated heterocycles. The summed E-state index contributed by atoms with van der Waals surface area (Å²) in [6.45, 7) is 3.38. The van der Waals surface area contributed by atoms with Gasteiger partial charge in [-0.05, 0) is 55.5 Å². The SMILES string of the molecule is Cc1ccc(S(=O)(=O)N2c3ccccc3[C@H]3CC(=O)N4CCCC(CC#N)(CCOCc5ccccc5)[C@@H]4[C@H]32)cc1. The van der Waals surface area contributed by atoms with Crippen molar-refractivity contribution in [2.45, 2.75) is 68.5 Å². The van der Waals surface area contributed by atoms with Crippen LogP contribution in [0.2, 0.25) is 0 Å². The third kappa shape index (κ3) is 4.81. The number of carbonyl (C=O) groups excluding carboxylic acids is 1. The van der Waals surface area contributed by atoms with Gasteiger partial charge in [0.15, 0.2) is 0 Å². The minimum Gasteiger partial charge on any atom is -0.377 e. The first kappa shape index (κ1) is 27.5. The lowest BCUT2D eigenvalue weighted by Gasteiger charge is -2.56. The highest BCUT2D eigenvalue weighted by molar-refractivity contribution is 7.92. The summed E-state index contributed by atoms with van der Waals surface area (Å²) in [6.07, 6.45) is 2.57. The van der Waals surface area contributed by atoms with Gasteiger partial charge in [0.25, 0.3) is 10.0 Å². The lowest BCUT2D eigenvalue weighted by atomic mass is 9.63. The summed E-state index contributed by atoms with van der Waals surface area (Å²) in [5, 5.41) is 10.1. The number of hydrogen-bond acceptors (Lipinski definition) is 5. The molecule has 0 bridgehead atoms. The number of nitrogens with zero attached hydrogens (tertiary/aromatic N) is 3. The monoisotopic (exact) mass is 569 g/mol. The summed E-state index contributed by atoms with van der Waals surface area (Å²) in [6, 6.07) is 26.0. The van der Waals surface area contributed by atoms with Crippen molar-refractivity contribution in [2.24, 2.45) is 5.41 Å². The number of hydrogen-bond donors (Lipinski definition) is 0. The largest absolute Gasteiger partial charge is 0.377 e. The van der Waals surface area contributed by atoms with Crippen molar-refractivity contribution in [3.63, 3.8) is 0 Å². The maximum absolute atomic E-state index is 14.4. The molecular weight excluding hydrogens is 534 g/mol. The van der Waals surface area contributed by atoms with Gasteiger partial charge in [0.2, 0.25) is 5.91 Å². The molecule has 3 heterocycles. The van der Waals surface area contributed by atoms with Crippen LogP contribution in [0.3, 0.4) is 0 Å². The summed E-state index contributed by atoms with van der Waals surface area (Å²) in [5.41, 5.74) is 2.98. The predicted molar refractivity (Wildman–Crippen MR) is 157 cm³/mol. The summed E-state index contributed by atoms with van der Waals surface area (Å²) in [4.78, 5) is 15.8. The number of benzene rings is 3. The van der Waals surface area contributed by atoms with Gasteiger partial charge in [-0.1, -0.05) is 66.2 Å². The molecule has 2 fully saturated rings. The summed E-state index contributed by atoms with van der Waals surface area (Å²) in [7, 11) is -3.95. The molecule has 8 heteroatoms. The van der Waals surface area contributed by atoms with Gasteiger partial charge in [0.05, 0.1) is 35.3 Å². The van der Waals surface area contributed by atoms with Crippen LogP contribution < -0.4 is 4.31 Å². The molecule has 3 aliphatic rings. The van der Waals surface area contributed by atoms with Gasteiger partial charge in [-0.3, -0.25) is 9.10 Å². The highest BCUT2D eigenvalue weighted by atomic mass is 32.2. The average molecular weight is 570 g/mol. The molecule has 4 atom stereocenters. The highest BCUT2D eigenvalue weighted by Crippen LogP contribution is 2.56. The number of sulfonamides is 1. The number of ether oxygens (including phenoxy) is 1. The fraction of sp³-hybridized carbons (Fsp3) is 0.394. The van der Waals surface area contributed by atoms with Crippen molar-refractivity contribution in [3.05, 3.63) is 95.6 Å². The van der Waals surface area contributed by atoms with Crippen LogP contribution in [0, 0.1) is 23.7 Å². The Morgan fingerprint density at radius 1 is 1.02 bits per heavy atom. The van der Waals surface area contributed by atoms with Gasteiger partial charge in [0, 0.05) is 37.3 Å². The van der Waals surface area contributed by atoms with E-state index in [0.29, 0.717) is 31.9 Å². The Kier molecular flexibility index (Phi) is 7.35. The van der Waals surface area contributed by atoms with Crippen molar-refractivity contribution in [1.82, 2.24) is 4.90 Å². The molecule has 3 aliphatic heterocycles. The van der Waals surface area contributed by atoms with E-state index in [-0.39, 0.29) is 29.6 Å². The number of rotatable bonds is 8. The summed E-state index contributed by atoms with van der Waals surface area (Å²) >= 11 is 0. The van der Waals surface area contributed by atoms with Gasteiger partial charge >= 0.3 is 0 Å². The second kappa shape index (κ2) is 11.0. The van der Waals surface area contributed by atoms with Crippen LogP contribution in [0.25, 0.3) is 0 Å². The van der Waals surface area contributed by atoms with Gasteiger partial charge in [-0.2, -0.15) is 5.26 Å². The zero-order valence-electron chi connectivity index (χ0n) is 23.3. The average Bonchev–Trinajstić information content (AvgIpc) is 3.31. The van der Waals surface area contributed by atoms with E-state index in [9.17, 15) is 18.5 Å². The molecule has 0 N–H and O–H groups in total. The van der Waals surface area contributed by atoms with Crippen molar-refractivity contribution < 1.29 is 17.9 Å². The first-order valence-corrected chi connectivity index (χ1v) is 15.8. The number of anilines is 1. The maximum atomic E-state index is 14.4. The van der Waals surface area contributed by atoms with E-state index >= 15 is 0 Å². The predicted octanol–water partition coefficient (Wildman–Crippen LogP) is 5.56. The number of amides is 1. The second-order valence-electron chi connectivity index (χ2n) is 11.6. The van der Waals surface area contributed by atoms with Crippen LogP contribution in [0.5, 0.6) is 0 Å². The Bertz CT molecular complexity index is 1570. The molecule has 0 aromatic heterocycles. The maximum Gasteiger partial charge on any atom is 0.264 e. The Morgan fingerprint density at radius 3 is 2.51 bits per heavy atom. The van der Waals surface area contributed by atoms with Crippen LogP contribution >= 0.6 is 0 Å². The van der Waals surface area contributed by atoms with Crippen LogP contribution in [0.1, 0.15) is 54.7 Å². The third-order valence-corrected chi connectivity index (χ3v) is 11.0. The van der Waals surface area contributed by atoms with Gasteiger partial charge in [0.1, 0.15) is 0 Å². The van der Waals surface area contributed by atoms with Gasteiger partial charge in [-0.15, -0.1) is 0 Å². The van der Waals surface area contributed by atoms with E-state index < -0.39 is 27.5 Å². The fourth-order valence-electron chi connectivity index (χ4n) is 7.30.